The van der Waals surface area contributed by atoms with Gasteiger partial charge in [0.2, 0.25) is 0 Å². The van der Waals surface area contributed by atoms with E-state index in [1.165, 1.54) is 29.6 Å². The second kappa shape index (κ2) is 14.0. The Balaban J connectivity index is 1.25. The van der Waals surface area contributed by atoms with Gasteiger partial charge in [0.1, 0.15) is 8.07 Å². The molecule has 2 aliphatic rings. The number of hydrogen-bond donors (Lipinski definition) is 1. The average Bonchev–Trinajstić information content (AvgIpc) is 3.07. The van der Waals surface area contributed by atoms with Crippen LogP contribution < -0.4 is 15.7 Å². The predicted octanol–water partition coefficient (Wildman–Crippen LogP) is 4.51. The number of ether oxygens (including phenoxy) is 2. The molecule has 0 aromatic heterocycles. The van der Waals surface area contributed by atoms with Crippen molar-refractivity contribution in [2.24, 2.45) is 0 Å². The van der Waals surface area contributed by atoms with Gasteiger partial charge < -0.3 is 19.7 Å². The summed E-state index contributed by atoms with van der Waals surface area (Å²) in [7, 11) is -0.606. The third kappa shape index (κ3) is 6.77. The zero-order valence-corrected chi connectivity index (χ0v) is 27.0. The molecule has 0 radical (unpaired) electrons. The van der Waals surface area contributed by atoms with Crippen molar-refractivity contribution >= 4 is 36.1 Å². The summed E-state index contributed by atoms with van der Waals surface area (Å²) in [4.78, 5) is 39.9. The first-order valence-electron chi connectivity index (χ1n) is 15.3. The summed E-state index contributed by atoms with van der Waals surface area (Å²) < 4.78 is 10.8. The third-order valence-electron chi connectivity index (χ3n) is 9.01. The number of nitrogens with zero attached hydrogens (tertiary/aromatic N) is 2. The lowest BCUT2D eigenvalue weighted by Crippen LogP contribution is -2.63. The number of nitro groups is 1. The standard InChI is InChI=1S/C35H39N3O6Si/c1-25-31(34(39)43-3)33(27-12-10-13-28(24-27)38(41)42)32(26(2)36-25)35(40)44-21-11-18-37-19-22-45(23-20-37,29-14-6-4-7-15-29)30-16-8-5-9-17-30/h4-10,12-17,24,33,36H,11,18-23H2,1-3H3. The molecule has 1 N–H and O–H groups in total. The van der Waals surface area contributed by atoms with Gasteiger partial charge in [-0.15, -0.1) is 0 Å². The molecule has 3 aromatic carbocycles. The highest BCUT2D eigenvalue weighted by Gasteiger charge is 2.40. The van der Waals surface area contributed by atoms with Crippen LogP contribution in [0.1, 0.15) is 31.7 Å². The van der Waals surface area contributed by atoms with Crippen LogP contribution in [-0.4, -0.2) is 63.2 Å². The van der Waals surface area contributed by atoms with Crippen LogP contribution in [0, 0.1) is 10.1 Å². The number of nitro benzene ring substituents is 1. The van der Waals surface area contributed by atoms with Crippen LogP contribution >= 0.6 is 0 Å². The average molecular weight is 626 g/mol. The topological polar surface area (TPSA) is 111 Å². The Hall–Kier alpha value is -4.54. The van der Waals surface area contributed by atoms with Gasteiger partial charge in [-0.05, 0) is 51.0 Å². The highest BCUT2D eigenvalue weighted by atomic mass is 28.3. The van der Waals surface area contributed by atoms with Crippen molar-refractivity contribution in [2.45, 2.75) is 38.3 Å². The first-order chi connectivity index (χ1) is 21.7. The maximum atomic E-state index is 13.6. The molecule has 0 spiro atoms. The number of benzene rings is 3. The minimum absolute atomic E-state index is 0.133. The molecule has 9 nitrogen and oxygen atoms in total. The van der Waals surface area contributed by atoms with Crippen LogP contribution in [0.2, 0.25) is 12.1 Å². The van der Waals surface area contributed by atoms with Crippen molar-refractivity contribution in [2.75, 3.05) is 33.4 Å². The summed E-state index contributed by atoms with van der Waals surface area (Å²) in [6.07, 6.45) is 0.664. The van der Waals surface area contributed by atoms with E-state index in [1.54, 1.807) is 26.0 Å². The number of non-ortho nitro benzene ring substituents is 1. The zero-order chi connectivity index (χ0) is 32.0. The second-order valence-corrected chi connectivity index (χ2v) is 15.9. The van der Waals surface area contributed by atoms with E-state index in [-0.39, 0.29) is 23.4 Å². The van der Waals surface area contributed by atoms with Gasteiger partial charge in [-0.25, -0.2) is 9.59 Å². The summed E-state index contributed by atoms with van der Waals surface area (Å²) in [6, 6.07) is 30.1. The van der Waals surface area contributed by atoms with Gasteiger partial charge in [-0.1, -0.05) is 83.2 Å². The summed E-state index contributed by atoms with van der Waals surface area (Å²) in [6.45, 7) is 6.44. The van der Waals surface area contributed by atoms with Crippen molar-refractivity contribution in [3.8, 4) is 0 Å². The van der Waals surface area contributed by atoms with E-state index in [2.05, 4.69) is 70.9 Å². The van der Waals surface area contributed by atoms with Crippen molar-refractivity contribution in [1.29, 1.82) is 0 Å². The molecule has 1 saturated heterocycles. The van der Waals surface area contributed by atoms with E-state index in [9.17, 15) is 19.7 Å². The van der Waals surface area contributed by atoms with Gasteiger partial charge >= 0.3 is 11.9 Å². The normalized spacial score (nSPS) is 18.2. The lowest BCUT2D eigenvalue weighted by Gasteiger charge is -2.41. The number of hydrogen-bond acceptors (Lipinski definition) is 8. The first kappa shape index (κ1) is 31.9. The Morgan fingerprint density at radius 1 is 0.889 bits per heavy atom. The molecule has 234 valence electrons. The van der Waals surface area contributed by atoms with E-state index in [0.29, 0.717) is 23.4 Å². The van der Waals surface area contributed by atoms with Gasteiger partial charge in [0.25, 0.3) is 5.69 Å². The number of carbonyl (C=O) groups is 2. The molecule has 1 fully saturated rings. The molecule has 2 aliphatic heterocycles. The fraction of sp³-hybridized carbons (Fsp3) is 0.314. The van der Waals surface area contributed by atoms with Crippen LogP contribution in [0.25, 0.3) is 0 Å². The number of carbonyl (C=O) groups excluding carboxylic acids is 2. The molecule has 3 aromatic rings. The Labute approximate surface area is 264 Å². The molecule has 0 saturated carbocycles. The van der Waals surface area contributed by atoms with E-state index in [0.717, 1.165) is 31.7 Å². The fourth-order valence-electron chi connectivity index (χ4n) is 6.74. The molecular weight excluding hydrogens is 586 g/mol. The number of nitrogens with one attached hydrogen (secondary N) is 1. The van der Waals surface area contributed by atoms with Gasteiger partial charge in [-0.2, -0.15) is 0 Å². The number of esters is 2. The van der Waals surface area contributed by atoms with E-state index < -0.39 is 30.9 Å². The van der Waals surface area contributed by atoms with Gasteiger partial charge in [0.15, 0.2) is 0 Å². The molecular formula is C35H39N3O6Si. The van der Waals surface area contributed by atoms with E-state index in [1.807, 2.05) is 0 Å². The van der Waals surface area contributed by atoms with Crippen LogP contribution in [0.15, 0.2) is 107 Å². The summed E-state index contributed by atoms with van der Waals surface area (Å²) in [5.74, 6) is -2.06. The number of rotatable bonds is 10. The van der Waals surface area contributed by atoms with E-state index >= 15 is 0 Å². The van der Waals surface area contributed by atoms with Gasteiger partial charge in [0, 0.05) is 30.1 Å². The molecule has 1 atom stereocenters. The lowest BCUT2D eigenvalue weighted by atomic mass is 9.80. The summed E-state index contributed by atoms with van der Waals surface area (Å²) in [5.41, 5.74) is 1.80. The Morgan fingerprint density at radius 2 is 1.47 bits per heavy atom. The van der Waals surface area contributed by atoms with Crippen molar-refractivity contribution in [3.63, 3.8) is 0 Å². The van der Waals surface area contributed by atoms with Crippen molar-refractivity contribution < 1.29 is 24.0 Å². The molecule has 0 aliphatic carbocycles. The zero-order valence-electron chi connectivity index (χ0n) is 26.0. The predicted molar refractivity (Wildman–Crippen MR) is 176 cm³/mol. The molecule has 2 heterocycles. The van der Waals surface area contributed by atoms with Crippen LogP contribution in [0.5, 0.6) is 0 Å². The van der Waals surface area contributed by atoms with Crippen LogP contribution in [-0.2, 0) is 19.1 Å². The molecule has 0 bridgehead atoms. The molecule has 0 amide bonds. The molecule has 1 unspecified atom stereocenters. The van der Waals surface area contributed by atoms with E-state index in [4.69, 9.17) is 9.47 Å². The largest absolute Gasteiger partial charge is 0.466 e. The lowest BCUT2D eigenvalue weighted by molar-refractivity contribution is -0.384. The minimum atomic E-state index is -1.87. The smallest absolute Gasteiger partial charge is 0.336 e. The Kier molecular flexibility index (Phi) is 9.95. The molecule has 45 heavy (non-hydrogen) atoms. The third-order valence-corrected chi connectivity index (χ3v) is 14.0. The van der Waals surface area contributed by atoms with Crippen molar-refractivity contribution in [3.05, 3.63) is 123 Å². The molecule has 10 heteroatoms. The second-order valence-electron chi connectivity index (χ2n) is 11.6. The fourth-order valence-corrected chi connectivity index (χ4v) is 11.5. The maximum absolute atomic E-state index is 13.6. The number of allylic oxidation sites excluding steroid dienone is 2. The number of methoxy groups -OCH3 is 1. The monoisotopic (exact) mass is 625 g/mol. The minimum Gasteiger partial charge on any atom is -0.466 e. The van der Waals surface area contributed by atoms with Crippen LogP contribution in [0.4, 0.5) is 5.69 Å². The first-order valence-corrected chi connectivity index (χ1v) is 17.7. The SMILES string of the molecule is COC(=O)C1=C(C)NC(C)=C(C(=O)OCCCN2CC[Si](c3ccccc3)(c3ccccc3)CC2)C1c1cccc([N+](=O)[O-])c1. The molecule has 5 rings (SSSR count). The quantitative estimate of drug-likeness (QED) is 0.115. The maximum Gasteiger partial charge on any atom is 0.336 e. The van der Waals surface area contributed by atoms with Gasteiger partial charge in [-0.3, -0.25) is 10.1 Å². The van der Waals surface area contributed by atoms with Gasteiger partial charge in [0.05, 0.1) is 35.7 Å². The summed E-state index contributed by atoms with van der Waals surface area (Å²) in [5, 5.41) is 17.6. The van der Waals surface area contributed by atoms with Crippen LogP contribution in [0.3, 0.4) is 0 Å². The summed E-state index contributed by atoms with van der Waals surface area (Å²) >= 11 is 0. The van der Waals surface area contributed by atoms with Crippen molar-refractivity contribution in [1.82, 2.24) is 10.2 Å². The Morgan fingerprint density at radius 3 is 2.02 bits per heavy atom. The Bertz CT molecular complexity index is 1570. The highest BCUT2D eigenvalue weighted by Crippen LogP contribution is 2.40. The highest BCUT2D eigenvalue weighted by molar-refractivity contribution is 7.02. The number of dihydropyridines is 1.